The van der Waals surface area contributed by atoms with E-state index in [1.807, 2.05) is 30.3 Å². The van der Waals surface area contributed by atoms with Gasteiger partial charge in [0, 0.05) is 24.7 Å². The number of phenolic OH excluding ortho intramolecular Hbond substituents is 1. The molecule has 5 nitrogen and oxygen atoms in total. The van der Waals surface area contributed by atoms with E-state index in [0.29, 0.717) is 0 Å². The van der Waals surface area contributed by atoms with Gasteiger partial charge in [0.2, 0.25) is 0 Å². The van der Waals surface area contributed by atoms with Gasteiger partial charge in [-0.3, -0.25) is 4.99 Å². The quantitative estimate of drug-likeness (QED) is 0.734. The third-order valence-electron chi connectivity index (χ3n) is 4.47. The fraction of sp³-hybridized carbons (Fsp3) is 0.250. The van der Waals surface area contributed by atoms with Crippen molar-refractivity contribution in [3.63, 3.8) is 0 Å². The van der Waals surface area contributed by atoms with Crippen molar-refractivity contribution in [2.24, 2.45) is 4.99 Å². The molecule has 0 spiro atoms. The fourth-order valence-corrected chi connectivity index (χ4v) is 3.15. The summed E-state index contributed by atoms with van der Waals surface area (Å²) in [6, 6.07) is 15.1. The number of rotatable bonds is 3. The Morgan fingerprint density at radius 2 is 1.88 bits per heavy atom. The van der Waals surface area contributed by atoms with Gasteiger partial charge in [0.15, 0.2) is 5.82 Å². The minimum atomic E-state index is 0.242. The summed E-state index contributed by atoms with van der Waals surface area (Å²) >= 11 is 0. The van der Waals surface area contributed by atoms with E-state index in [1.54, 1.807) is 24.4 Å². The molecule has 1 aromatic heterocycles. The lowest BCUT2D eigenvalue weighted by Crippen LogP contribution is -2.02. The first-order chi connectivity index (χ1) is 12.3. The predicted octanol–water partition coefficient (Wildman–Crippen LogP) is 4.13. The van der Waals surface area contributed by atoms with Crippen LogP contribution in [-0.4, -0.2) is 26.1 Å². The van der Waals surface area contributed by atoms with Crippen LogP contribution in [0.25, 0.3) is 11.4 Å². The molecule has 1 aliphatic rings. The Bertz CT molecular complexity index is 896. The lowest BCUT2D eigenvalue weighted by Gasteiger charge is -2.07. The normalized spacial score (nSPS) is 14.4. The number of fused-ring (bicyclic) bond motifs is 1. The summed E-state index contributed by atoms with van der Waals surface area (Å²) < 4.78 is 2.25. The van der Waals surface area contributed by atoms with Crippen molar-refractivity contribution >= 4 is 11.9 Å². The molecule has 126 valence electrons. The van der Waals surface area contributed by atoms with Crippen molar-refractivity contribution in [2.45, 2.75) is 32.2 Å². The molecule has 0 amide bonds. The summed E-state index contributed by atoms with van der Waals surface area (Å²) in [4.78, 5) is 4.46. The van der Waals surface area contributed by atoms with Crippen LogP contribution in [-0.2, 0) is 13.0 Å². The molecule has 3 aromatic rings. The lowest BCUT2D eigenvalue weighted by molar-refractivity contribution is 0.475. The summed E-state index contributed by atoms with van der Waals surface area (Å²) in [6.45, 7) is 0.995. The van der Waals surface area contributed by atoms with Gasteiger partial charge in [-0.2, -0.15) is 0 Å². The fourth-order valence-electron chi connectivity index (χ4n) is 3.15. The van der Waals surface area contributed by atoms with Crippen LogP contribution in [0.3, 0.4) is 0 Å². The smallest absolute Gasteiger partial charge is 0.163 e. The van der Waals surface area contributed by atoms with Gasteiger partial charge in [-0.25, -0.2) is 0 Å². The highest BCUT2D eigenvalue weighted by Gasteiger charge is 2.15. The minimum absolute atomic E-state index is 0.242. The first-order valence-electron chi connectivity index (χ1n) is 8.65. The number of aryl methyl sites for hydroxylation is 1. The van der Waals surface area contributed by atoms with Crippen molar-refractivity contribution in [3.8, 4) is 17.1 Å². The Morgan fingerprint density at radius 3 is 2.72 bits per heavy atom. The Morgan fingerprint density at radius 1 is 1.00 bits per heavy atom. The zero-order valence-electron chi connectivity index (χ0n) is 14.0. The zero-order valence-corrected chi connectivity index (χ0v) is 14.0. The van der Waals surface area contributed by atoms with Crippen molar-refractivity contribution in [2.75, 3.05) is 0 Å². The van der Waals surface area contributed by atoms with Gasteiger partial charge >= 0.3 is 0 Å². The highest BCUT2D eigenvalue weighted by atomic mass is 16.3. The molecule has 0 unspecified atom stereocenters. The van der Waals surface area contributed by atoms with Crippen molar-refractivity contribution in [1.29, 1.82) is 0 Å². The van der Waals surface area contributed by atoms with Crippen molar-refractivity contribution in [3.05, 3.63) is 59.9 Å². The van der Waals surface area contributed by atoms with E-state index in [9.17, 15) is 5.11 Å². The maximum absolute atomic E-state index is 9.49. The van der Waals surface area contributed by atoms with Crippen LogP contribution in [0.5, 0.6) is 5.75 Å². The summed E-state index contributed by atoms with van der Waals surface area (Å²) in [7, 11) is 0. The van der Waals surface area contributed by atoms with Crippen LogP contribution in [0, 0.1) is 0 Å². The van der Waals surface area contributed by atoms with Crippen molar-refractivity contribution < 1.29 is 5.11 Å². The third kappa shape index (κ3) is 3.45. The second kappa shape index (κ2) is 6.89. The Balaban J connectivity index is 1.55. The largest absolute Gasteiger partial charge is 0.508 e. The molecular weight excluding hydrogens is 312 g/mol. The summed E-state index contributed by atoms with van der Waals surface area (Å²) in [5.41, 5.74) is 2.80. The van der Waals surface area contributed by atoms with Crippen LogP contribution < -0.4 is 0 Å². The van der Waals surface area contributed by atoms with Gasteiger partial charge in [0.05, 0.1) is 5.69 Å². The van der Waals surface area contributed by atoms with Gasteiger partial charge in [0.1, 0.15) is 11.6 Å². The predicted molar refractivity (Wildman–Crippen MR) is 98.4 cm³/mol. The Kier molecular flexibility index (Phi) is 4.29. The number of nitrogens with zero attached hydrogens (tertiary/aromatic N) is 4. The number of hydrogen-bond donors (Lipinski definition) is 1. The second-order valence-electron chi connectivity index (χ2n) is 6.30. The number of aromatic hydroxyl groups is 1. The molecular formula is C20H20N4O. The van der Waals surface area contributed by atoms with Gasteiger partial charge in [0.25, 0.3) is 0 Å². The van der Waals surface area contributed by atoms with Crippen LogP contribution in [0.1, 0.15) is 30.7 Å². The Hall–Kier alpha value is -2.95. The number of benzene rings is 2. The maximum Gasteiger partial charge on any atom is 0.163 e. The van der Waals surface area contributed by atoms with E-state index in [2.05, 4.69) is 19.8 Å². The molecule has 5 heteroatoms. The number of aliphatic imine (C=N–C) groups is 1. The molecule has 0 bridgehead atoms. The highest BCUT2D eigenvalue weighted by Crippen LogP contribution is 2.24. The van der Waals surface area contributed by atoms with E-state index in [1.165, 1.54) is 19.3 Å². The molecule has 2 aromatic carbocycles. The van der Waals surface area contributed by atoms with E-state index < -0.39 is 0 Å². The minimum Gasteiger partial charge on any atom is -0.508 e. The van der Waals surface area contributed by atoms with E-state index >= 15 is 0 Å². The number of phenols is 1. The molecule has 1 N–H and O–H groups in total. The van der Waals surface area contributed by atoms with Gasteiger partial charge in [-0.1, -0.05) is 18.6 Å². The van der Waals surface area contributed by atoms with Gasteiger partial charge in [-0.15, -0.1) is 10.2 Å². The van der Waals surface area contributed by atoms with Gasteiger partial charge < -0.3 is 9.67 Å². The summed E-state index contributed by atoms with van der Waals surface area (Å²) in [5, 5.41) is 18.2. The summed E-state index contributed by atoms with van der Waals surface area (Å²) in [5.74, 6) is 2.28. The molecule has 0 fully saturated rings. The Labute approximate surface area is 146 Å². The first-order valence-corrected chi connectivity index (χ1v) is 8.65. The molecule has 25 heavy (non-hydrogen) atoms. The monoisotopic (exact) mass is 332 g/mol. The first kappa shape index (κ1) is 15.6. The average molecular weight is 332 g/mol. The standard InChI is InChI=1S/C20H20N4O/c25-18-6-4-5-15(13-18)14-21-17-10-8-16(9-11-17)20-23-22-19-7-2-1-3-12-24(19)20/h4-6,8-11,13-14,25H,1-3,7,12H2. The molecule has 0 saturated carbocycles. The summed E-state index contributed by atoms with van der Waals surface area (Å²) in [6.07, 6.45) is 6.40. The molecule has 0 atom stereocenters. The molecule has 4 rings (SSSR count). The average Bonchev–Trinajstić information content (AvgIpc) is 2.89. The van der Waals surface area contributed by atoms with Crippen LogP contribution in [0.2, 0.25) is 0 Å². The second-order valence-corrected chi connectivity index (χ2v) is 6.30. The lowest BCUT2D eigenvalue weighted by atomic mass is 10.2. The van der Waals surface area contributed by atoms with Crippen LogP contribution in [0.15, 0.2) is 53.5 Å². The third-order valence-corrected chi connectivity index (χ3v) is 4.47. The van der Waals surface area contributed by atoms with E-state index in [0.717, 1.165) is 41.4 Å². The molecule has 0 radical (unpaired) electrons. The molecule has 2 heterocycles. The SMILES string of the molecule is Oc1cccc(C=Nc2ccc(-c3nnc4n3CCCCC4)cc2)c1. The van der Waals surface area contributed by atoms with E-state index in [-0.39, 0.29) is 5.75 Å². The highest BCUT2D eigenvalue weighted by molar-refractivity contribution is 5.82. The van der Waals surface area contributed by atoms with Crippen molar-refractivity contribution in [1.82, 2.24) is 14.8 Å². The topological polar surface area (TPSA) is 63.3 Å². The maximum atomic E-state index is 9.49. The van der Waals surface area contributed by atoms with Crippen LogP contribution in [0.4, 0.5) is 5.69 Å². The molecule has 0 aliphatic carbocycles. The van der Waals surface area contributed by atoms with Crippen LogP contribution >= 0.6 is 0 Å². The number of aromatic nitrogens is 3. The number of hydrogen-bond acceptors (Lipinski definition) is 4. The molecule has 1 aliphatic heterocycles. The van der Waals surface area contributed by atoms with Gasteiger partial charge in [-0.05, 0) is 54.8 Å². The zero-order chi connectivity index (χ0) is 17.1. The molecule has 0 saturated heterocycles. The van der Waals surface area contributed by atoms with E-state index in [4.69, 9.17) is 0 Å².